The van der Waals surface area contributed by atoms with E-state index in [4.69, 9.17) is 4.74 Å². The number of benzene rings is 3. The molecule has 0 saturated heterocycles. The second kappa shape index (κ2) is 6.74. The van der Waals surface area contributed by atoms with Crippen molar-refractivity contribution >= 4 is 38.1 Å². The fraction of sp³-hybridized carbons (Fsp3) is 0.261. The fourth-order valence-corrected chi connectivity index (χ4v) is 5.30. The number of anilines is 2. The van der Waals surface area contributed by atoms with Crippen molar-refractivity contribution in [2.24, 2.45) is 0 Å². The quantitative estimate of drug-likeness (QED) is 0.702. The lowest BCUT2D eigenvalue weighted by Crippen LogP contribution is -2.48. The van der Waals surface area contributed by atoms with Crippen LogP contribution in [0.15, 0.2) is 48.5 Å². The molecule has 1 aliphatic carbocycles. The number of hydrogen-bond acceptors (Lipinski definition) is 4. The number of aryl methyl sites for hydroxylation is 3. The molecule has 1 atom stereocenters. The lowest BCUT2D eigenvalue weighted by Gasteiger charge is -2.34. The van der Waals surface area contributed by atoms with E-state index in [0.717, 1.165) is 30.0 Å². The van der Waals surface area contributed by atoms with Crippen molar-refractivity contribution in [3.63, 3.8) is 0 Å². The number of rotatable bonds is 3. The van der Waals surface area contributed by atoms with Gasteiger partial charge in [0, 0.05) is 11.1 Å². The maximum atomic E-state index is 13.1. The van der Waals surface area contributed by atoms with Gasteiger partial charge in [-0.25, -0.2) is 8.42 Å². The van der Waals surface area contributed by atoms with Crippen molar-refractivity contribution in [3.05, 3.63) is 65.2 Å². The van der Waals surface area contributed by atoms with Crippen LogP contribution in [0.25, 0.3) is 10.8 Å². The maximum absolute atomic E-state index is 13.1. The molecular formula is C23H22N2O4S. The second-order valence-corrected chi connectivity index (χ2v) is 9.88. The number of fused-ring (bicyclic) bond motifs is 1. The number of carbonyl (C=O) groups excluding carboxylic acids is 1. The van der Waals surface area contributed by atoms with Crippen molar-refractivity contribution in [2.75, 3.05) is 22.4 Å². The number of ether oxygens (including phenoxy) is 1. The zero-order valence-electron chi connectivity index (χ0n) is 16.8. The van der Waals surface area contributed by atoms with Gasteiger partial charge < -0.3 is 10.1 Å². The van der Waals surface area contributed by atoms with Crippen LogP contribution in [0.1, 0.15) is 16.7 Å². The Morgan fingerprint density at radius 1 is 1.10 bits per heavy atom. The molecule has 0 fully saturated rings. The summed E-state index contributed by atoms with van der Waals surface area (Å²) in [6, 6.07) is 15.4. The zero-order valence-corrected chi connectivity index (χ0v) is 17.6. The van der Waals surface area contributed by atoms with E-state index in [1.807, 2.05) is 31.2 Å². The van der Waals surface area contributed by atoms with Crippen LogP contribution in [0.3, 0.4) is 0 Å². The summed E-state index contributed by atoms with van der Waals surface area (Å²) in [5.74, 6) is 0.0294. The predicted molar refractivity (Wildman–Crippen MR) is 118 cm³/mol. The van der Waals surface area contributed by atoms with Crippen molar-refractivity contribution in [2.45, 2.75) is 25.9 Å². The van der Waals surface area contributed by atoms with E-state index in [1.165, 1.54) is 20.8 Å². The van der Waals surface area contributed by atoms with Gasteiger partial charge in [0.1, 0.15) is 5.75 Å². The van der Waals surface area contributed by atoms with Crippen LogP contribution >= 0.6 is 0 Å². The van der Waals surface area contributed by atoms with E-state index in [2.05, 4.69) is 17.4 Å². The molecule has 0 bridgehead atoms. The predicted octanol–water partition coefficient (Wildman–Crippen LogP) is 3.41. The molecular weight excluding hydrogens is 400 g/mol. The number of nitrogens with one attached hydrogen (secondary N) is 1. The summed E-state index contributed by atoms with van der Waals surface area (Å²) in [5, 5.41) is 5.18. The molecule has 2 aliphatic rings. The van der Waals surface area contributed by atoms with Crippen LogP contribution in [0.2, 0.25) is 0 Å². The SMILES string of the molecule is Cc1ccc2c(c1)O[C@H](C(=O)Nc1ccc3c4c(cccc14)CC3)CN2S(C)(=O)=O. The van der Waals surface area contributed by atoms with E-state index in [-0.39, 0.29) is 12.5 Å². The summed E-state index contributed by atoms with van der Waals surface area (Å²) >= 11 is 0. The summed E-state index contributed by atoms with van der Waals surface area (Å²) < 4.78 is 31.9. The Labute approximate surface area is 175 Å². The van der Waals surface area contributed by atoms with Crippen LogP contribution in [0.4, 0.5) is 11.4 Å². The monoisotopic (exact) mass is 422 g/mol. The first-order chi connectivity index (χ1) is 14.3. The van der Waals surface area contributed by atoms with Gasteiger partial charge in [0.2, 0.25) is 10.0 Å². The standard InChI is InChI=1S/C23H22N2O4S/c1-14-6-11-19-20(12-14)29-21(13-25(19)30(2,27)28)23(26)24-18-10-9-16-8-7-15-4-3-5-17(18)22(15)16/h3-6,9-12,21H,7-8,13H2,1-2H3,(H,24,26)/t21-/m0/s1. The molecule has 0 saturated carbocycles. The molecule has 5 rings (SSSR count). The molecule has 0 aromatic heterocycles. The highest BCUT2D eigenvalue weighted by Gasteiger charge is 2.35. The number of hydrogen-bond donors (Lipinski definition) is 1. The third kappa shape index (κ3) is 3.10. The average molecular weight is 423 g/mol. The summed E-state index contributed by atoms with van der Waals surface area (Å²) in [7, 11) is -3.56. The highest BCUT2D eigenvalue weighted by molar-refractivity contribution is 7.92. The summed E-state index contributed by atoms with van der Waals surface area (Å²) in [4.78, 5) is 13.1. The molecule has 3 aromatic carbocycles. The first-order valence-electron chi connectivity index (χ1n) is 9.90. The van der Waals surface area contributed by atoms with Gasteiger partial charge in [-0.1, -0.05) is 30.3 Å². The van der Waals surface area contributed by atoms with Gasteiger partial charge in [-0.05, 0) is 60.0 Å². The van der Waals surface area contributed by atoms with Crippen molar-refractivity contribution in [1.29, 1.82) is 0 Å². The summed E-state index contributed by atoms with van der Waals surface area (Å²) in [5.41, 5.74) is 4.68. The van der Waals surface area contributed by atoms with Gasteiger partial charge in [0.25, 0.3) is 5.91 Å². The van der Waals surface area contributed by atoms with Crippen molar-refractivity contribution in [3.8, 4) is 5.75 Å². The first kappa shape index (κ1) is 18.9. The Hall–Kier alpha value is -3.06. The highest BCUT2D eigenvalue weighted by atomic mass is 32.2. The second-order valence-electron chi connectivity index (χ2n) is 7.97. The van der Waals surface area contributed by atoms with Gasteiger partial charge in [-0.15, -0.1) is 0 Å². The number of amides is 1. The van der Waals surface area contributed by atoms with Crippen LogP contribution in [-0.2, 0) is 27.7 Å². The molecule has 6 nitrogen and oxygen atoms in total. The third-order valence-corrected chi connectivity index (χ3v) is 6.96. The van der Waals surface area contributed by atoms with Crippen LogP contribution < -0.4 is 14.4 Å². The van der Waals surface area contributed by atoms with Gasteiger partial charge in [0.05, 0.1) is 18.5 Å². The van der Waals surface area contributed by atoms with Gasteiger partial charge in [-0.3, -0.25) is 9.10 Å². The Kier molecular flexibility index (Phi) is 4.25. The van der Waals surface area contributed by atoms with Gasteiger partial charge in [0.15, 0.2) is 6.10 Å². The van der Waals surface area contributed by atoms with E-state index in [9.17, 15) is 13.2 Å². The Morgan fingerprint density at radius 2 is 1.87 bits per heavy atom. The lowest BCUT2D eigenvalue weighted by molar-refractivity contribution is -0.122. The maximum Gasteiger partial charge on any atom is 0.267 e. The van der Waals surface area contributed by atoms with Crippen LogP contribution in [0.5, 0.6) is 5.75 Å². The van der Waals surface area contributed by atoms with E-state index >= 15 is 0 Å². The minimum atomic E-state index is -3.56. The molecule has 1 heterocycles. The minimum Gasteiger partial charge on any atom is -0.476 e. The van der Waals surface area contributed by atoms with Crippen LogP contribution in [0, 0.1) is 6.92 Å². The highest BCUT2D eigenvalue weighted by Crippen LogP contribution is 2.37. The Morgan fingerprint density at radius 3 is 2.63 bits per heavy atom. The molecule has 154 valence electrons. The number of nitrogens with zero attached hydrogens (tertiary/aromatic N) is 1. The zero-order chi connectivity index (χ0) is 21.0. The first-order valence-corrected chi connectivity index (χ1v) is 11.8. The van der Waals surface area contributed by atoms with E-state index in [0.29, 0.717) is 17.1 Å². The smallest absolute Gasteiger partial charge is 0.267 e. The normalized spacial score (nSPS) is 17.5. The Bertz CT molecular complexity index is 1290. The molecule has 1 aliphatic heterocycles. The minimum absolute atomic E-state index is 0.0675. The van der Waals surface area contributed by atoms with Crippen molar-refractivity contribution < 1.29 is 17.9 Å². The van der Waals surface area contributed by atoms with Crippen LogP contribution in [-0.4, -0.2) is 33.2 Å². The molecule has 1 amide bonds. The topological polar surface area (TPSA) is 75.7 Å². The van der Waals surface area contributed by atoms with Gasteiger partial charge in [-0.2, -0.15) is 0 Å². The summed E-state index contributed by atoms with van der Waals surface area (Å²) in [6.07, 6.45) is 2.21. The third-order valence-electron chi connectivity index (χ3n) is 5.81. The van der Waals surface area contributed by atoms with Crippen molar-refractivity contribution in [1.82, 2.24) is 0 Å². The molecule has 7 heteroatoms. The molecule has 3 aromatic rings. The van der Waals surface area contributed by atoms with Gasteiger partial charge >= 0.3 is 0 Å². The lowest BCUT2D eigenvalue weighted by atomic mass is 10.0. The molecule has 1 N–H and O–H groups in total. The summed E-state index contributed by atoms with van der Waals surface area (Å²) in [6.45, 7) is 1.83. The largest absolute Gasteiger partial charge is 0.476 e. The molecule has 0 radical (unpaired) electrons. The van der Waals surface area contributed by atoms with E-state index < -0.39 is 16.1 Å². The number of carbonyl (C=O) groups is 1. The molecule has 0 unspecified atom stereocenters. The molecule has 30 heavy (non-hydrogen) atoms. The average Bonchev–Trinajstić information content (AvgIpc) is 3.13. The van der Waals surface area contributed by atoms with E-state index in [1.54, 1.807) is 12.1 Å². The number of sulfonamides is 1. The fourth-order valence-electron chi connectivity index (χ4n) is 4.38. The Balaban J connectivity index is 1.48. The molecule has 0 spiro atoms.